The van der Waals surface area contributed by atoms with Crippen molar-refractivity contribution in [3.63, 3.8) is 0 Å². The second-order valence-electron chi connectivity index (χ2n) is 8.55. The van der Waals surface area contributed by atoms with E-state index in [0.29, 0.717) is 34.0 Å². The maximum Gasteiger partial charge on any atom is 0.524 e. The number of nitrogens with two attached hydrogens (primary N) is 1. The Bertz CT molecular complexity index is 1520. The quantitative estimate of drug-likeness (QED) is 0.0984. The molecule has 0 aliphatic heterocycles. The Labute approximate surface area is 226 Å². The summed E-state index contributed by atoms with van der Waals surface area (Å²) >= 11 is 2.00. The summed E-state index contributed by atoms with van der Waals surface area (Å²) in [5.41, 5.74) is 9.50. The summed E-state index contributed by atoms with van der Waals surface area (Å²) in [5.74, 6) is 0.824. The van der Waals surface area contributed by atoms with Gasteiger partial charge in [-0.3, -0.25) is 14.6 Å². The number of aryl methyl sites for hydroxylation is 1. The molecule has 0 bridgehead atoms. The van der Waals surface area contributed by atoms with Gasteiger partial charge in [0.2, 0.25) is 5.91 Å². The summed E-state index contributed by atoms with van der Waals surface area (Å²) in [6.45, 7) is 2.59. The summed E-state index contributed by atoms with van der Waals surface area (Å²) < 4.78 is 18.4. The van der Waals surface area contributed by atoms with Crippen molar-refractivity contribution in [3.8, 4) is 11.5 Å². The zero-order chi connectivity index (χ0) is 26.7. The summed E-state index contributed by atoms with van der Waals surface area (Å²) in [6, 6.07) is 9.69. The van der Waals surface area contributed by atoms with Crippen LogP contribution in [0.2, 0.25) is 0 Å². The molecular formula is C24H27IN5O6P. The first-order valence-corrected chi connectivity index (χ1v) is 14.6. The number of rotatable bonds is 10. The highest BCUT2D eigenvalue weighted by Crippen LogP contribution is 2.39. The molecule has 0 radical (unpaired) electrons. The topological polar surface area (TPSA) is 173 Å². The number of aromatic hydroxyl groups is 1. The molecule has 6 N–H and O–H groups in total. The maximum atomic E-state index is 11.7. The lowest BCUT2D eigenvalue weighted by Crippen LogP contribution is -2.23. The van der Waals surface area contributed by atoms with Gasteiger partial charge in [-0.25, -0.2) is 14.5 Å². The first-order chi connectivity index (χ1) is 17.6. The lowest BCUT2D eigenvalue weighted by Gasteiger charge is -2.14. The predicted octanol–water partition coefficient (Wildman–Crippen LogP) is 3.79. The van der Waals surface area contributed by atoms with Crippen molar-refractivity contribution in [1.82, 2.24) is 19.9 Å². The third-order valence-corrected chi connectivity index (χ3v) is 6.96. The number of carbonyl (C=O) groups excluding carboxylic acids is 1. The molecule has 0 spiro atoms. The number of hydrogen-bond donors (Lipinski definition) is 5. The minimum absolute atomic E-state index is 0.0547. The Balaban J connectivity index is 1.84. The minimum Gasteiger partial charge on any atom is -0.508 e. The number of phosphoric acid groups is 1. The molecule has 2 aromatic carbocycles. The molecule has 4 rings (SSSR count). The number of nitrogens with zero attached hydrogens (tertiary/aromatic N) is 3. The van der Waals surface area contributed by atoms with Gasteiger partial charge in [0.15, 0.2) is 5.82 Å². The maximum absolute atomic E-state index is 11.7. The molecule has 11 nitrogen and oxygen atoms in total. The number of pyridine rings is 1. The first kappa shape index (κ1) is 27.1. The molecule has 0 fully saturated rings. The fourth-order valence-electron chi connectivity index (χ4n) is 4.11. The van der Waals surface area contributed by atoms with Crippen molar-refractivity contribution in [2.24, 2.45) is 0 Å². The number of anilines is 1. The van der Waals surface area contributed by atoms with E-state index in [-0.39, 0.29) is 29.8 Å². The number of aromatic nitrogens is 3. The Morgan fingerprint density at radius 3 is 2.70 bits per heavy atom. The molecule has 196 valence electrons. The molecule has 0 aliphatic carbocycles. The van der Waals surface area contributed by atoms with Crippen LogP contribution in [0.3, 0.4) is 0 Å². The molecule has 2 heterocycles. The lowest BCUT2D eigenvalue weighted by molar-refractivity contribution is -0.118. The number of nitrogens with one attached hydrogen (secondary N) is 1. The smallest absolute Gasteiger partial charge is 0.508 e. The molecule has 37 heavy (non-hydrogen) atoms. The molecule has 0 saturated heterocycles. The third kappa shape index (κ3) is 6.32. The number of halogens is 1. The first-order valence-electron chi connectivity index (χ1n) is 11.6. The van der Waals surface area contributed by atoms with E-state index in [9.17, 15) is 24.3 Å². The van der Waals surface area contributed by atoms with E-state index in [0.717, 1.165) is 35.1 Å². The van der Waals surface area contributed by atoms with Gasteiger partial charge in [0, 0.05) is 23.9 Å². The van der Waals surface area contributed by atoms with Crippen molar-refractivity contribution in [3.05, 3.63) is 53.3 Å². The SMILES string of the molecule is CCCCc1nc2c(N)nc3cc(CNC(=O)CI)ccc3c2n1Cc1cc(OP(=O)(O)O)ccc1O. The molecule has 13 heteroatoms. The second kappa shape index (κ2) is 11.2. The summed E-state index contributed by atoms with van der Waals surface area (Å²) in [5, 5.41) is 14.2. The number of hydrogen-bond acceptors (Lipinski definition) is 7. The Morgan fingerprint density at radius 2 is 2.00 bits per heavy atom. The number of phosphoric ester groups is 1. The van der Waals surface area contributed by atoms with Crippen molar-refractivity contribution < 1.29 is 28.8 Å². The number of alkyl halides is 1. The van der Waals surface area contributed by atoms with E-state index in [2.05, 4.69) is 17.2 Å². The van der Waals surface area contributed by atoms with Gasteiger partial charge < -0.3 is 25.2 Å². The molecular weight excluding hydrogens is 612 g/mol. The summed E-state index contributed by atoms with van der Waals surface area (Å²) in [6.07, 6.45) is 2.48. The summed E-state index contributed by atoms with van der Waals surface area (Å²) in [7, 11) is -4.77. The number of fused-ring (bicyclic) bond motifs is 3. The Kier molecular flexibility index (Phi) is 8.22. The van der Waals surface area contributed by atoms with Gasteiger partial charge in [0.25, 0.3) is 0 Å². The van der Waals surface area contributed by atoms with Crippen LogP contribution in [0.15, 0.2) is 36.4 Å². The highest BCUT2D eigenvalue weighted by Gasteiger charge is 2.21. The fourth-order valence-corrected chi connectivity index (χ4v) is 4.77. The molecule has 2 aromatic heterocycles. The Hall–Kier alpha value is -2.93. The van der Waals surface area contributed by atoms with E-state index in [1.807, 2.05) is 45.4 Å². The monoisotopic (exact) mass is 639 g/mol. The van der Waals surface area contributed by atoms with Crippen LogP contribution < -0.4 is 15.6 Å². The zero-order valence-corrected chi connectivity index (χ0v) is 23.1. The molecule has 1 amide bonds. The minimum atomic E-state index is -4.77. The number of imidazole rings is 1. The number of benzene rings is 2. The van der Waals surface area contributed by atoms with Crippen LogP contribution in [-0.4, -0.2) is 39.8 Å². The van der Waals surface area contributed by atoms with Gasteiger partial charge in [0.05, 0.1) is 22.0 Å². The lowest BCUT2D eigenvalue weighted by atomic mass is 10.1. The van der Waals surface area contributed by atoms with Gasteiger partial charge in [-0.15, -0.1) is 0 Å². The molecule has 4 aromatic rings. The van der Waals surface area contributed by atoms with E-state index >= 15 is 0 Å². The molecule has 0 saturated carbocycles. The van der Waals surface area contributed by atoms with Crippen LogP contribution in [0.4, 0.5) is 5.82 Å². The largest absolute Gasteiger partial charge is 0.524 e. The van der Waals surface area contributed by atoms with Gasteiger partial charge in [-0.05, 0) is 36.2 Å². The zero-order valence-electron chi connectivity index (χ0n) is 20.0. The number of phenols is 1. The van der Waals surface area contributed by atoms with Gasteiger partial charge in [-0.1, -0.05) is 48.1 Å². The van der Waals surface area contributed by atoms with Crippen LogP contribution in [0.25, 0.3) is 21.9 Å². The highest BCUT2D eigenvalue weighted by atomic mass is 127. The molecule has 0 aliphatic rings. The van der Waals surface area contributed by atoms with Gasteiger partial charge in [0.1, 0.15) is 22.8 Å². The summed E-state index contributed by atoms with van der Waals surface area (Å²) in [4.78, 5) is 39.4. The van der Waals surface area contributed by atoms with E-state index in [1.165, 1.54) is 18.2 Å². The average Bonchev–Trinajstić information content (AvgIpc) is 3.21. The number of unbranched alkanes of at least 4 members (excludes halogenated alkanes) is 1. The van der Waals surface area contributed by atoms with E-state index in [4.69, 9.17) is 15.2 Å². The number of phenolic OH excluding ortho intramolecular Hbond substituents is 1. The highest BCUT2D eigenvalue weighted by molar-refractivity contribution is 14.1. The van der Waals surface area contributed by atoms with Crippen molar-refractivity contribution in [1.29, 1.82) is 0 Å². The van der Waals surface area contributed by atoms with Gasteiger partial charge >= 0.3 is 7.82 Å². The van der Waals surface area contributed by atoms with Crippen LogP contribution in [0, 0.1) is 0 Å². The molecule has 0 unspecified atom stereocenters. The number of nitrogen functional groups attached to an aromatic ring is 1. The normalized spacial score (nSPS) is 11.8. The van der Waals surface area contributed by atoms with Crippen LogP contribution in [0.1, 0.15) is 36.7 Å². The van der Waals surface area contributed by atoms with Gasteiger partial charge in [-0.2, -0.15) is 0 Å². The van der Waals surface area contributed by atoms with Crippen LogP contribution >= 0.6 is 30.4 Å². The number of amides is 1. The third-order valence-electron chi connectivity index (χ3n) is 5.82. The molecule has 0 atom stereocenters. The van der Waals surface area contributed by atoms with E-state index < -0.39 is 7.82 Å². The standard InChI is InChI=1S/C24H27IN5O6P/c1-2-3-4-20-29-22-23(30(20)13-15-10-16(6-8-19(15)31)36-37(33,34)35)17-7-5-14(12-27-21(32)11-25)9-18(17)28-24(22)26/h5-10,31H,2-4,11-13H2,1H3,(H2,26,28)(H,27,32)(H2,33,34,35). The number of carbonyl (C=O) groups is 1. The fraction of sp³-hybridized carbons (Fsp3) is 0.292. The van der Waals surface area contributed by atoms with Crippen LogP contribution in [0.5, 0.6) is 11.5 Å². The Morgan fingerprint density at radius 1 is 1.22 bits per heavy atom. The van der Waals surface area contributed by atoms with Crippen molar-refractivity contribution in [2.45, 2.75) is 39.3 Å². The predicted molar refractivity (Wildman–Crippen MR) is 149 cm³/mol. The van der Waals surface area contributed by atoms with E-state index in [1.54, 1.807) is 0 Å². The average molecular weight is 639 g/mol. The second-order valence-corrected chi connectivity index (χ2v) is 10.5. The van der Waals surface area contributed by atoms with Crippen LogP contribution in [-0.2, 0) is 28.9 Å². The van der Waals surface area contributed by atoms with Crippen molar-refractivity contribution >= 4 is 64.1 Å². The van der Waals surface area contributed by atoms with Crippen molar-refractivity contribution in [2.75, 3.05) is 10.2 Å².